The molecule has 0 spiro atoms. The van der Waals surface area contributed by atoms with E-state index in [1.807, 2.05) is 16.2 Å². The van der Waals surface area contributed by atoms with E-state index in [1.54, 1.807) is 0 Å². The van der Waals surface area contributed by atoms with Gasteiger partial charge in [-0.25, -0.2) is 9.78 Å². The lowest BCUT2D eigenvalue weighted by Gasteiger charge is -2.34. The van der Waals surface area contributed by atoms with Crippen molar-refractivity contribution in [3.63, 3.8) is 0 Å². The van der Waals surface area contributed by atoms with Crippen molar-refractivity contribution in [2.75, 3.05) is 33.2 Å². The minimum Gasteiger partial charge on any atom is -0.481 e. The molecule has 1 aromatic heterocycles. The van der Waals surface area contributed by atoms with Gasteiger partial charge in [0, 0.05) is 49.4 Å². The van der Waals surface area contributed by atoms with Crippen LogP contribution in [0.4, 0.5) is 4.79 Å². The van der Waals surface area contributed by atoms with Crippen LogP contribution < -0.4 is 5.32 Å². The molecule has 1 saturated carbocycles. The molecular formula is C21H32N4O3S. The Morgan fingerprint density at radius 3 is 2.41 bits per heavy atom. The maximum atomic E-state index is 12.6. The third-order valence-electron chi connectivity index (χ3n) is 6.78. The molecule has 2 aliphatic heterocycles. The number of piperidine rings is 1. The third-order valence-corrected chi connectivity index (χ3v) is 8.10. The molecule has 1 aromatic rings. The largest absolute Gasteiger partial charge is 0.481 e. The zero-order valence-electron chi connectivity index (χ0n) is 17.2. The van der Waals surface area contributed by atoms with E-state index in [4.69, 9.17) is 10.1 Å². The number of fused-ring (bicyclic) bond motifs is 1. The SMILES string of the molecule is CN1CCc2nc(C3CCN(C(=O)N[C@H]4CC[C@H](C(=O)O)CC4)CC3)sc2CC1. The van der Waals surface area contributed by atoms with Gasteiger partial charge in [-0.05, 0) is 52.0 Å². The highest BCUT2D eigenvalue weighted by Gasteiger charge is 2.30. The van der Waals surface area contributed by atoms with Crippen LogP contribution >= 0.6 is 11.3 Å². The highest BCUT2D eigenvalue weighted by atomic mass is 32.1. The Kier molecular flexibility index (Phi) is 6.39. The van der Waals surface area contributed by atoms with Crippen LogP contribution in [0.3, 0.4) is 0 Å². The van der Waals surface area contributed by atoms with Crippen molar-refractivity contribution in [1.29, 1.82) is 0 Å². The second kappa shape index (κ2) is 9.00. The summed E-state index contributed by atoms with van der Waals surface area (Å²) < 4.78 is 0. The van der Waals surface area contributed by atoms with Gasteiger partial charge in [-0.2, -0.15) is 0 Å². The van der Waals surface area contributed by atoms with Gasteiger partial charge in [0.25, 0.3) is 0 Å². The molecule has 29 heavy (non-hydrogen) atoms. The quantitative estimate of drug-likeness (QED) is 0.785. The van der Waals surface area contributed by atoms with E-state index in [9.17, 15) is 9.59 Å². The number of rotatable bonds is 3. The molecule has 3 heterocycles. The van der Waals surface area contributed by atoms with Crippen molar-refractivity contribution >= 4 is 23.3 Å². The van der Waals surface area contributed by atoms with E-state index >= 15 is 0 Å². The van der Waals surface area contributed by atoms with Crippen molar-refractivity contribution in [3.8, 4) is 0 Å². The number of amides is 2. The first-order valence-corrected chi connectivity index (χ1v) is 11.8. The maximum Gasteiger partial charge on any atom is 0.317 e. The van der Waals surface area contributed by atoms with Crippen LogP contribution in [0.2, 0.25) is 0 Å². The van der Waals surface area contributed by atoms with E-state index < -0.39 is 5.97 Å². The Hall–Kier alpha value is -1.67. The van der Waals surface area contributed by atoms with Gasteiger partial charge in [-0.15, -0.1) is 11.3 Å². The summed E-state index contributed by atoms with van der Waals surface area (Å²) in [4.78, 5) is 34.4. The van der Waals surface area contributed by atoms with Gasteiger partial charge in [0.1, 0.15) is 0 Å². The summed E-state index contributed by atoms with van der Waals surface area (Å²) in [5.74, 6) is -0.476. The minimum absolute atomic E-state index is 0.0141. The number of carbonyl (C=O) groups is 2. The molecule has 0 aromatic carbocycles. The number of carbonyl (C=O) groups excluding carboxylic acids is 1. The Labute approximate surface area is 176 Å². The molecule has 8 heteroatoms. The maximum absolute atomic E-state index is 12.6. The average molecular weight is 421 g/mol. The number of thiazole rings is 1. The molecule has 0 radical (unpaired) electrons. The molecule has 2 N–H and O–H groups in total. The number of carboxylic acids is 1. The normalized spacial score (nSPS) is 26.6. The van der Waals surface area contributed by atoms with E-state index in [0.29, 0.717) is 18.8 Å². The van der Waals surface area contributed by atoms with Crippen LogP contribution in [0.1, 0.15) is 60.0 Å². The molecule has 1 saturated heterocycles. The summed E-state index contributed by atoms with van der Waals surface area (Å²) in [6.07, 6.45) is 6.96. The first kappa shape index (κ1) is 20.6. The predicted molar refractivity (Wildman–Crippen MR) is 112 cm³/mol. The van der Waals surface area contributed by atoms with Gasteiger partial charge in [-0.1, -0.05) is 0 Å². The fourth-order valence-electron chi connectivity index (χ4n) is 4.75. The van der Waals surface area contributed by atoms with Gasteiger partial charge < -0.3 is 20.2 Å². The molecule has 0 atom stereocenters. The topological polar surface area (TPSA) is 85.8 Å². The number of hydrogen-bond donors (Lipinski definition) is 2. The van der Waals surface area contributed by atoms with Gasteiger partial charge in [0.15, 0.2) is 0 Å². The van der Waals surface area contributed by atoms with Gasteiger partial charge in [0.2, 0.25) is 0 Å². The van der Waals surface area contributed by atoms with Crippen LogP contribution in [0.25, 0.3) is 0 Å². The Bertz CT molecular complexity index is 711. The second-order valence-electron chi connectivity index (χ2n) is 8.82. The lowest BCUT2D eigenvalue weighted by molar-refractivity contribution is -0.142. The molecule has 2 fully saturated rings. The van der Waals surface area contributed by atoms with E-state index in [-0.39, 0.29) is 18.0 Å². The molecule has 160 valence electrons. The van der Waals surface area contributed by atoms with E-state index in [1.165, 1.54) is 15.6 Å². The average Bonchev–Trinajstić information content (AvgIpc) is 3.06. The summed E-state index contributed by atoms with van der Waals surface area (Å²) in [5, 5.41) is 13.5. The predicted octanol–water partition coefficient (Wildman–Crippen LogP) is 2.71. The lowest BCUT2D eigenvalue weighted by atomic mass is 9.86. The second-order valence-corrected chi connectivity index (χ2v) is 9.94. The van der Waals surface area contributed by atoms with Gasteiger partial charge in [-0.3, -0.25) is 4.79 Å². The van der Waals surface area contributed by atoms with E-state index in [2.05, 4.69) is 17.3 Å². The number of likely N-dealkylation sites (tertiary alicyclic amines) is 1. The molecule has 0 unspecified atom stereocenters. The number of aliphatic carboxylic acids is 1. The Morgan fingerprint density at radius 2 is 1.72 bits per heavy atom. The van der Waals surface area contributed by atoms with Gasteiger partial charge in [0.05, 0.1) is 16.6 Å². The molecule has 0 bridgehead atoms. The third kappa shape index (κ3) is 4.91. The zero-order chi connectivity index (χ0) is 20.4. The summed E-state index contributed by atoms with van der Waals surface area (Å²) in [7, 11) is 2.18. The van der Waals surface area contributed by atoms with E-state index in [0.717, 1.165) is 64.7 Å². The molecular weight excluding hydrogens is 388 g/mol. The molecule has 4 rings (SSSR count). The number of nitrogens with one attached hydrogen (secondary N) is 1. The number of urea groups is 1. The number of likely N-dealkylation sites (N-methyl/N-ethyl adjacent to an activating group) is 1. The molecule has 2 amide bonds. The van der Waals surface area contributed by atoms with Crippen LogP contribution in [0.15, 0.2) is 0 Å². The lowest BCUT2D eigenvalue weighted by Crippen LogP contribution is -2.48. The first-order valence-electron chi connectivity index (χ1n) is 10.9. The van der Waals surface area contributed by atoms with Gasteiger partial charge >= 0.3 is 12.0 Å². The standard InChI is InChI=1S/C21H32N4O3S/c1-24-10-8-17-18(9-11-24)29-19(23-17)14-6-12-25(13-7-14)21(28)22-16-4-2-15(3-5-16)20(26)27/h14-16H,2-13H2,1H3,(H,22,28)(H,26,27)/t15-,16-. The molecule has 1 aliphatic carbocycles. The zero-order valence-corrected chi connectivity index (χ0v) is 18.0. The fraction of sp³-hybridized carbons (Fsp3) is 0.762. The van der Waals surface area contributed by atoms with Crippen molar-refractivity contribution in [2.45, 2.75) is 63.3 Å². The van der Waals surface area contributed by atoms with Crippen molar-refractivity contribution in [1.82, 2.24) is 20.1 Å². The fourth-order valence-corrected chi connectivity index (χ4v) is 6.02. The minimum atomic E-state index is -0.705. The first-order chi connectivity index (χ1) is 14.0. The van der Waals surface area contributed by atoms with Crippen LogP contribution in [-0.4, -0.2) is 71.2 Å². The summed E-state index contributed by atoms with van der Waals surface area (Å²) in [5.41, 5.74) is 1.30. The Morgan fingerprint density at radius 1 is 1.03 bits per heavy atom. The van der Waals surface area contributed by atoms with Crippen molar-refractivity contribution in [3.05, 3.63) is 15.6 Å². The number of carboxylic acid groups (broad SMARTS) is 1. The number of aromatic nitrogens is 1. The highest BCUT2D eigenvalue weighted by molar-refractivity contribution is 7.11. The smallest absolute Gasteiger partial charge is 0.317 e. The molecule has 7 nitrogen and oxygen atoms in total. The summed E-state index contributed by atoms with van der Waals surface area (Å²) in [6.45, 7) is 3.74. The summed E-state index contributed by atoms with van der Waals surface area (Å²) >= 11 is 1.89. The highest BCUT2D eigenvalue weighted by Crippen LogP contribution is 2.34. The number of nitrogens with zero attached hydrogens (tertiary/aromatic N) is 3. The van der Waals surface area contributed by atoms with Crippen molar-refractivity contribution in [2.24, 2.45) is 5.92 Å². The van der Waals surface area contributed by atoms with Crippen molar-refractivity contribution < 1.29 is 14.7 Å². The monoisotopic (exact) mass is 420 g/mol. The van der Waals surface area contributed by atoms with Crippen LogP contribution in [0.5, 0.6) is 0 Å². The number of hydrogen-bond acceptors (Lipinski definition) is 5. The van der Waals surface area contributed by atoms with Crippen LogP contribution in [0, 0.1) is 5.92 Å². The summed E-state index contributed by atoms with van der Waals surface area (Å²) in [6, 6.07) is 0.128. The Balaban J connectivity index is 1.25. The molecule has 3 aliphatic rings. The van der Waals surface area contributed by atoms with Crippen LogP contribution in [-0.2, 0) is 17.6 Å².